The normalized spacial score (nSPS) is 10.2. The lowest BCUT2D eigenvalue weighted by Crippen LogP contribution is -2.02. The number of thiol groups is 1. The van der Waals surface area contributed by atoms with Crippen LogP contribution in [0.5, 0.6) is 5.75 Å². The highest BCUT2D eigenvalue weighted by atomic mass is 32.1. The van der Waals surface area contributed by atoms with E-state index in [1.165, 1.54) is 0 Å². The van der Waals surface area contributed by atoms with Crippen LogP contribution in [-0.2, 0) is 12.3 Å². The Morgan fingerprint density at radius 1 is 1.67 bits per heavy atom. The van der Waals surface area contributed by atoms with Crippen LogP contribution in [-0.4, -0.2) is 10.1 Å². The number of aromatic nitrogens is 1. The molecule has 1 heterocycles. The van der Waals surface area contributed by atoms with Crippen molar-refractivity contribution in [1.82, 2.24) is 4.98 Å². The van der Waals surface area contributed by atoms with Crippen LogP contribution in [0.4, 0.5) is 0 Å². The second kappa shape index (κ2) is 3.78. The highest BCUT2D eigenvalue weighted by Gasteiger charge is 2.08. The number of hydrogen-bond donors (Lipinski definition) is 3. The summed E-state index contributed by atoms with van der Waals surface area (Å²) in [5, 5.41) is 9.54. The second-order valence-electron chi connectivity index (χ2n) is 2.56. The zero-order valence-electron chi connectivity index (χ0n) is 6.91. The topological polar surface area (TPSA) is 59.1 Å². The molecule has 12 heavy (non-hydrogen) atoms. The molecule has 4 heteroatoms. The van der Waals surface area contributed by atoms with Crippen molar-refractivity contribution >= 4 is 12.6 Å². The lowest BCUT2D eigenvalue weighted by atomic mass is 10.1. The average molecular weight is 184 g/mol. The van der Waals surface area contributed by atoms with E-state index in [-0.39, 0.29) is 5.75 Å². The fraction of sp³-hybridized carbons (Fsp3) is 0.375. The molecule has 0 aliphatic rings. The van der Waals surface area contributed by atoms with Crippen molar-refractivity contribution in [1.29, 1.82) is 0 Å². The van der Waals surface area contributed by atoms with Gasteiger partial charge in [0.25, 0.3) is 0 Å². The quantitative estimate of drug-likeness (QED) is 0.601. The zero-order valence-corrected chi connectivity index (χ0v) is 7.80. The number of nitrogens with zero attached hydrogens (tertiary/aromatic N) is 1. The molecule has 66 valence electrons. The molecular formula is C8H12N2OS. The van der Waals surface area contributed by atoms with Gasteiger partial charge < -0.3 is 10.8 Å². The first-order chi connectivity index (χ1) is 5.70. The summed E-state index contributed by atoms with van der Waals surface area (Å²) < 4.78 is 0. The van der Waals surface area contributed by atoms with Crippen molar-refractivity contribution in [3.05, 3.63) is 23.0 Å². The van der Waals surface area contributed by atoms with Gasteiger partial charge in [-0.15, -0.1) is 0 Å². The van der Waals surface area contributed by atoms with Crippen molar-refractivity contribution in [2.45, 2.75) is 19.2 Å². The highest BCUT2D eigenvalue weighted by molar-refractivity contribution is 7.79. The first kappa shape index (κ1) is 9.35. The summed E-state index contributed by atoms with van der Waals surface area (Å²) in [5.74, 6) is 0.704. The van der Waals surface area contributed by atoms with E-state index in [1.54, 1.807) is 13.1 Å². The van der Waals surface area contributed by atoms with Gasteiger partial charge in [0.1, 0.15) is 5.75 Å². The molecular weight excluding hydrogens is 172 g/mol. The number of aromatic hydroxyl groups is 1. The molecule has 0 aliphatic heterocycles. The van der Waals surface area contributed by atoms with Gasteiger partial charge in [0.05, 0.1) is 5.69 Å². The van der Waals surface area contributed by atoms with Crippen molar-refractivity contribution in [3.8, 4) is 5.75 Å². The predicted molar refractivity (Wildman–Crippen MR) is 51.2 cm³/mol. The highest BCUT2D eigenvalue weighted by Crippen LogP contribution is 2.24. The molecule has 0 atom stereocenters. The molecule has 0 saturated carbocycles. The van der Waals surface area contributed by atoms with Gasteiger partial charge in [-0.05, 0) is 12.5 Å². The summed E-state index contributed by atoms with van der Waals surface area (Å²) in [7, 11) is 0. The Hall–Kier alpha value is -0.740. The first-order valence-electron chi connectivity index (χ1n) is 3.68. The number of aryl methyl sites for hydroxylation is 1. The lowest BCUT2D eigenvalue weighted by Gasteiger charge is -2.08. The zero-order chi connectivity index (χ0) is 9.14. The van der Waals surface area contributed by atoms with Gasteiger partial charge >= 0.3 is 0 Å². The fourth-order valence-corrected chi connectivity index (χ4v) is 1.39. The Kier molecular flexibility index (Phi) is 2.94. The van der Waals surface area contributed by atoms with E-state index in [4.69, 9.17) is 5.73 Å². The minimum atomic E-state index is 0.216. The maximum absolute atomic E-state index is 9.54. The standard InChI is InChI=1S/C8H12N2OS/c1-5-8(11)7(4-12)6(2-9)3-10-5/h3,11-12H,2,4,9H2,1H3. The minimum absolute atomic E-state index is 0.216. The summed E-state index contributed by atoms with van der Waals surface area (Å²) in [5.41, 5.74) is 7.72. The van der Waals surface area contributed by atoms with Gasteiger partial charge in [-0.25, -0.2) is 0 Å². The Balaban J connectivity index is 3.25. The van der Waals surface area contributed by atoms with Crippen LogP contribution < -0.4 is 5.73 Å². The van der Waals surface area contributed by atoms with Gasteiger partial charge in [-0.3, -0.25) is 4.98 Å². The van der Waals surface area contributed by atoms with Crippen molar-refractivity contribution in [2.24, 2.45) is 5.73 Å². The summed E-state index contributed by atoms with van der Waals surface area (Å²) in [6, 6.07) is 0. The number of rotatable bonds is 2. The third-order valence-corrected chi connectivity index (χ3v) is 2.12. The van der Waals surface area contributed by atoms with Crippen LogP contribution in [0, 0.1) is 6.92 Å². The van der Waals surface area contributed by atoms with Crippen LogP contribution in [0.3, 0.4) is 0 Å². The average Bonchev–Trinajstić information content (AvgIpc) is 2.09. The van der Waals surface area contributed by atoms with E-state index in [0.717, 1.165) is 11.1 Å². The van der Waals surface area contributed by atoms with Crippen molar-refractivity contribution < 1.29 is 5.11 Å². The van der Waals surface area contributed by atoms with E-state index in [9.17, 15) is 5.11 Å². The van der Waals surface area contributed by atoms with E-state index >= 15 is 0 Å². The molecule has 0 aromatic carbocycles. The molecule has 0 unspecified atom stereocenters. The molecule has 0 amide bonds. The van der Waals surface area contributed by atoms with Crippen LogP contribution in [0.25, 0.3) is 0 Å². The molecule has 0 radical (unpaired) electrons. The van der Waals surface area contributed by atoms with Crippen LogP contribution >= 0.6 is 12.6 Å². The smallest absolute Gasteiger partial charge is 0.141 e. The monoisotopic (exact) mass is 184 g/mol. The molecule has 3 N–H and O–H groups in total. The maximum Gasteiger partial charge on any atom is 0.141 e. The second-order valence-corrected chi connectivity index (χ2v) is 2.87. The number of hydrogen-bond acceptors (Lipinski definition) is 4. The fourth-order valence-electron chi connectivity index (χ4n) is 1.04. The van der Waals surface area contributed by atoms with Gasteiger partial charge in [0, 0.05) is 24.1 Å². The van der Waals surface area contributed by atoms with Crippen molar-refractivity contribution in [3.63, 3.8) is 0 Å². The molecule has 0 fully saturated rings. The lowest BCUT2D eigenvalue weighted by molar-refractivity contribution is 0.461. The molecule has 3 nitrogen and oxygen atoms in total. The van der Waals surface area contributed by atoms with Gasteiger partial charge in [-0.2, -0.15) is 12.6 Å². The Labute approximate surface area is 77.0 Å². The van der Waals surface area contributed by atoms with Gasteiger partial charge in [-0.1, -0.05) is 0 Å². The van der Waals surface area contributed by atoms with Crippen LogP contribution in [0.15, 0.2) is 6.20 Å². The summed E-state index contributed by atoms with van der Waals surface area (Å²) in [6.45, 7) is 2.14. The number of nitrogens with two attached hydrogens (primary N) is 1. The molecule has 0 spiro atoms. The predicted octanol–water partition coefficient (Wildman–Crippen LogP) is 0.984. The van der Waals surface area contributed by atoms with Gasteiger partial charge in [0.2, 0.25) is 0 Å². The largest absolute Gasteiger partial charge is 0.506 e. The molecule has 1 aromatic heterocycles. The number of pyridine rings is 1. The third-order valence-electron chi connectivity index (χ3n) is 1.81. The molecule has 0 saturated heterocycles. The van der Waals surface area contributed by atoms with Crippen LogP contribution in [0.1, 0.15) is 16.8 Å². The van der Waals surface area contributed by atoms with Crippen LogP contribution in [0.2, 0.25) is 0 Å². The minimum Gasteiger partial charge on any atom is -0.506 e. The molecule has 1 rings (SSSR count). The van der Waals surface area contributed by atoms with Gasteiger partial charge in [0.15, 0.2) is 0 Å². The van der Waals surface area contributed by atoms with E-state index < -0.39 is 0 Å². The Morgan fingerprint density at radius 2 is 2.33 bits per heavy atom. The Bertz CT molecular complexity index is 289. The Morgan fingerprint density at radius 3 is 2.83 bits per heavy atom. The summed E-state index contributed by atoms with van der Waals surface area (Å²) >= 11 is 4.11. The van der Waals surface area contributed by atoms with E-state index in [2.05, 4.69) is 17.6 Å². The summed E-state index contributed by atoms with van der Waals surface area (Å²) in [4.78, 5) is 3.99. The van der Waals surface area contributed by atoms with E-state index in [0.29, 0.717) is 18.0 Å². The van der Waals surface area contributed by atoms with E-state index in [1.807, 2.05) is 0 Å². The maximum atomic E-state index is 9.54. The first-order valence-corrected chi connectivity index (χ1v) is 4.31. The third kappa shape index (κ3) is 1.54. The molecule has 0 bridgehead atoms. The summed E-state index contributed by atoms with van der Waals surface area (Å²) in [6.07, 6.45) is 1.68. The molecule has 1 aromatic rings. The SMILES string of the molecule is Cc1ncc(CN)c(CS)c1O. The molecule has 0 aliphatic carbocycles. The van der Waals surface area contributed by atoms with Crippen molar-refractivity contribution in [2.75, 3.05) is 0 Å².